The van der Waals surface area contributed by atoms with E-state index in [1.807, 2.05) is 31.2 Å². The lowest BCUT2D eigenvalue weighted by atomic mass is 10.1. The monoisotopic (exact) mass is 362 g/mol. The summed E-state index contributed by atoms with van der Waals surface area (Å²) in [4.78, 5) is 10.3. The fraction of sp³-hybridized carbons (Fsp3) is 0.500. The van der Waals surface area contributed by atoms with E-state index in [4.69, 9.17) is 5.11 Å². The van der Waals surface area contributed by atoms with Crippen molar-refractivity contribution in [3.8, 4) is 0 Å². The number of aliphatic hydroxyl groups excluding tert-OH is 2. The van der Waals surface area contributed by atoms with E-state index in [2.05, 4.69) is 36.5 Å². The zero-order valence-electron chi connectivity index (χ0n) is 15.8. The minimum Gasteiger partial charge on any atom is -0.481 e. The molecule has 0 aromatic carbocycles. The molecule has 0 aliphatic heterocycles. The predicted molar refractivity (Wildman–Crippen MR) is 108 cm³/mol. The largest absolute Gasteiger partial charge is 0.481 e. The summed E-state index contributed by atoms with van der Waals surface area (Å²) in [6.07, 6.45) is 24.4. The predicted octanol–water partition coefficient (Wildman–Crippen LogP) is 4.71. The van der Waals surface area contributed by atoms with Crippen LogP contribution in [0.3, 0.4) is 0 Å². The van der Waals surface area contributed by atoms with Crippen molar-refractivity contribution in [2.75, 3.05) is 0 Å². The lowest BCUT2D eigenvalue weighted by Crippen LogP contribution is -2.23. The Morgan fingerprint density at radius 2 is 1.15 bits per heavy atom. The van der Waals surface area contributed by atoms with Gasteiger partial charge in [-0.25, -0.2) is 0 Å². The molecule has 0 aromatic rings. The smallest absolute Gasteiger partial charge is 0.303 e. The molecule has 0 bridgehead atoms. The van der Waals surface area contributed by atoms with Crippen molar-refractivity contribution < 1.29 is 20.1 Å². The Morgan fingerprint density at radius 3 is 1.58 bits per heavy atom. The fourth-order valence-corrected chi connectivity index (χ4v) is 2.07. The van der Waals surface area contributed by atoms with Crippen LogP contribution in [0.15, 0.2) is 60.8 Å². The number of hydrogen-bond acceptors (Lipinski definition) is 3. The molecule has 0 saturated carbocycles. The number of hydrogen-bond donors (Lipinski definition) is 3. The molecule has 0 rings (SSSR count). The number of rotatable bonds is 15. The molecule has 0 unspecified atom stereocenters. The van der Waals surface area contributed by atoms with Crippen LogP contribution < -0.4 is 0 Å². The van der Waals surface area contributed by atoms with Crippen LogP contribution in [-0.2, 0) is 4.79 Å². The van der Waals surface area contributed by atoms with Gasteiger partial charge in [-0.3, -0.25) is 4.79 Å². The first-order valence-electron chi connectivity index (χ1n) is 9.40. The Balaban J connectivity index is 3.61. The number of aliphatic carboxylic acids is 1. The molecule has 26 heavy (non-hydrogen) atoms. The lowest BCUT2D eigenvalue weighted by Gasteiger charge is -2.13. The molecule has 0 amide bonds. The Morgan fingerprint density at radius 1 is 0.731 bits per heavy atom. The van der Waals surface area contributed by atoms with Crippen LogP contribution in [0.5, 0.6) is 0 Å². The summed E-state index contributed by atoms with van der Waals surface area (Å²) in [6.45, 7) is 1.85. The standard InChI is InChI=1S/C22H34O4/c1-2-20(23)21(24)18-16-14-12-10-8-6-4-3-5-7-9-11-13-15-17-19-22(25)26/h3-4,7-10,13-16,20-21,23-24H,2,5-6,11-12,17-19H2,1H3,(H,25,26)/b4-3-,9-7-,10-8-,15-13-,16-14-/t20-,21-/m0/s1. The third kappa shape index (κ3) is 16.9. The molecule has 0 aliphatic carbocycles. The van der Waals surface area contributed by atoms with Gasteiger partial charge in [0.2, 0.25) is 0 Å². The van der Waals surface area contributed by atoms with E-state index in [1.165, 1.54) is 0 Å². The van der Waals surface area contributed by atoms with Crippen LogP contribution in [0.2, 0.25) is 0 Å². The molecule has 0 radical (unpaired) electrons. The minimum absolute atomic E-state index is 0.191. The summed E-state index contributed by atoms with van der Waals surface area (Å²) >= 11 is 0. The van der Waals surface area contributed by atoms with E-state index in [-0.39, 0.29) is 6.42 Å². The maximum absolute atomic E-state index is 10.3. The van der Waals surface area contributed by atoms with Crippen LogP contribution in [0.4, 0.5) is 0 Å². The van der Waals surface area contributed by atoms with Crippen molar-refractivity contribution in [1.82, 2.24) is 0 Å². The fourth-order valence-electron chi connectivity index (χ4n) is 2.07. The second-order valence-electron chi connectivity index (χ2n) is 6.01. The first-order chi connectivity index (χ1) is 12.6. The maximum Gasteiger partial charge on any atom is 0.303 e. The van der Waals surface area contributed by atoms with Crippen LogP contribution in [0.1, 0.15) is 58.3 Å². The van der Waals surface area contributed by atoms with Gasteiger partial charge < -0.3 is 15.3 Å². The van der Waals surface area contributed by atoms with Crippen molar-refractivity contribution in [1.29, 1.82) is 0 Å². The highest BCUT2D eigenvalue weighted by Crippen LogP contribution is 2.04. The van der Waals surface area contributed by atoms with E-state index in [1.54, 1.807) is 0 Å². The second kappa shape index (κ2) is 17.9. The molecule has 4 heteroatoms. The Labute approximate surface area is 157 Å². The zero-order chi connectivity index (χ0) is 19.5. The topological polar surface area (TPSA) is 77.8 Å². The van der Waals surface area contributed by atoms with Gasteiger partial charge in [-0.2, -0.15) is 0 Å². The van der Waals surface area contributed by atoms with Crippen LogP contribution in [0.25, 0.3) is 0 Å². The molecule has 0 aromatic heterocycles. The summed E-state index contributed by atoms with van der Waals surface area (Å²) < 4.78 is 0. The minimum atomic E-state index is -0.758. The Kier molecular flexibility index (Phi) is 16.6. The number of allylic oxidation sites excluding steroid dienone is 9. The van der Waals surface area contributed by atoms with E-state index < -0.39 is 18.2 Å². The normalized spacial score (nSPS) is 15.2. The van der Waals surface area contributed by atoms with Crippen LogP contribution in [-0.4, -0.2) is 33.5 Å². The Bertz CT molecular complexity index is 486. The summed E-state index contributed by atoms with van der Waals surface area (Å²) in [5.41, 5.74) is 0. The van der Waals surface area contributed by atoms with Crippen molar-refractivity contribution in [3.05, 3.63) is 60.8 Å². The van der Waals surface area contributed by atoms with Crippen molar-refractivity contribution in [3.63, 3.8) is 0 Å². The van der Waals surface area contributed by atoms with Crippen molar-refractivity contribution >= 4 is 5.97 Å². The van der Waals surface area contributed by atoms with Gasteiger partial charge in [-0.1, -0.05) is 67.7 Å². The lowest BCUT2D eigenvalue weighted by molar-refractivity contribution is -0.136. The molecule has 146 valence electrons. The number of carboxylic acid groups (broad SMARTS) is 1. The van der Waals surface area contributed by atoms with E-state index in [9.17, 15) is 15.0 Å². The van der Waals surface area contributed by atoms with Crippen LogP contribution in [0, 0.1) is 0 Å². The van der Waals surface area contributed by atoms with Gasteiger partial charge in [-0.05, 0) is 44.9 Å². The van der Waals surface area contributed by atoms with E-state index in [0.29, 0.717) is 19.3 Å². The van der Waals surface area contributed by atoms with E-state index in [0.717, 1.165) is 25.7 Å². The summed E-state index contributed by atoms with van der Waals surface area (Å²) in [5, 5.41) is 27.5. The zero-order valence-corrected chi connectivity index (χ0v) is 15.8. The molecule has 0 heterocycles. The van der Waals surface area contributed by atoms with E-state index >= 15 is 0 Å². The van der Waals surface area contributed by atoms with Crippen molar-refractivity contribution in [2.45, 2.75) is 70.5 Å². The van der Waals surface area contributed by atoms with Gasteiger partial charge in [0.15, 0.2) is 0 Å². The third-order valence-electron chi connectivity index (χ3n) is 3.69. The highest BCUT2D eigenvalue weighted by atomic mass is 16.4. The first kappa shape index (κ1) is 24.1. The second-order valence-corrected chi connectivity index (χ2v) is 6.01. The van der Waals surface area contributed by atoms with Gasteiger partial charge in [0.25, 0.3) is 0 Å². The first-order valence-corrected chi connectivity index (χ1v) is 9.40. The molecule has 0 saturated heterocycles. The van der Waals surface area contributed by atoms with Crippen molar-refractivity contribution in [2.24, 2.45) is 0 Å². The molecule has 3 N–H and O–H groups in total. The summed E-state index contributed by atoms with van der Waals surface area (Å²) in [6, 6.07) is 0. The van der Waals surface area contributed by atoms with Crippen LogP contribution >= 0.6 is 0 Å². The summed E-state index contributed by atoms with van der Waals surface area (Å²) in [7, 11) is 0. The quantitative estimate of drug-likeness (QED) is 0.369. The van der Waals surface area contributed by atoms with Gasteiger partial charge >= 0.3 is 5.97 Å². The highest BCUT2D eigenvalue weighted by Gasteiger charge is 2.11. The SMILES string of the molecule is CC[C@H](O)[C@@H](O)C/C=C\C/C=C\C/C=C\C/C=C\C/C=C\CCC(=O)O. The molecular formula is C22H34O4. The molecule has 0 spiro atoms. The maximum atomic E-state index is 10.3. The molecule has 4 nitrogen and oxygen atoms in total. The molecule has 0 fully saturated rings. The highest BCUT2D eigenvalue weighted by molar-refractivity contribution is 5.66. The molecule has 2 atom stereocenters. The number of aliphatic hydroxyl groups is 2. The average Bonchev–Trinajstić information content (AvgIpc) is 2.63. The summed E-state index contributed by atoms with van der Waals surface area (Å²) in [5.74, 6) is -0.758. The van der Waals surface area contributed by atoms with Gasteiger partial charge in [0, 0.05) is 6.42 Å². The van der Waals surface area contributed by atoms with Gasteiger partial charge in [-0.15, -0.1) is 0 Å². The molecular weight excluding hydrogens is 328 g/mol. The average molecular weight is 363 g/mol. The van der Waals surface area contributed by atoms with Gasteiger partial charge in [0.05, 0.1) is 12.2 Å². The number of carbonyl (C=O) groups is 1. The Hall–Kier alpha value is -1.91. The third-order valence-corrected chi connectivity index (χ3v) is 3.69. The number of carboxylic acids is 1. The van der Waals surface area contributed by atoms with Gasteiger partial charge in [0.1, 0.15) is 0 Å². The molecule has 0 aliphatic rings.